The van der Waals surface area contributed by atoms with Gasteiger partial charge in [0.15, 0.2) is 21.3 Å². The van der Waals surface area contributed by atoms with E-state index in [9.17, 15) is 13.2 Å². The fraction of sp³-hybridized carbons (Fsp3) is 0.316. The van der Waals surface area contributed by atoms with Gasteiger partial charge in [-0.2, -0.15) is 0 Å². The molecule has 0 radical (unpaired) electrons. The Morgan fingerprint density at radius 3 is 2.41 bits per heavy atom. The van der Waals surface area contributed by atoms with E-state index in [0.29, 0.717) is 31.3 Å². The van der Waals surface area contributed by atoms with E-state index < -0.39 is 9.84 Å². The molecular weight excluding hydrogens is 368 g/mol. The average molecular weight is 390 g/mol. The zero-order chi connectivity index (χ0) is 19.4. The fourth-order valence-corrected chi connectivity index (χ4v) is 3.35. The number of rotatable bonds is 5. The second-order valence-corrected chi connectivity index (χ2v) is 8.38. The highest BCUT2D eigenvalue weighted by molar-refractivity contribution is 7.90. The highest BCUT2D eigenvalue weighted by atomic mass is 32.2. The van der Waals surface area contributed by atoms with Crippen LogP contribution >= 0.6 is 0 Å². The van der Waals surface area contributed by atoms with Gasteiger partial charge in [-0.1, -0.05) is 18.2 Å². The first kappa shape index (κ1) is 19.0. The Bertz CT molecular complexity index is 926. The molecule has 0 spiro atoms. The van der Waals surface area contributed by atoms with Gasteiger partial charge in [-0.25, -0.2) is 13.2 Å². The molecule has 0 bridgehead atoms. The van der Waals surface area contributed by atoms with E-state index in [4.69, 9.17) is 9.47 Å². The Labute approximate surface area is 158 Å². The maximum absolute atomic E-state index is 12.1. The number of amides is 2. The predicted molar refractivity (Wildman–Crippen MR) is 101 cm³/mol. The lowest BCUT2D eigenvalue weighted by Crippen LogP contribution is -2.36. The third kappa shape index (κ3) is 4.91. The fourth-order valence-electron chi connectivity index (χ4n) is 2.71. The molecule has 2 N–H and O–H groups in total. The Morgan fingerprint density at radius 2 is 1.74 bits per heavy atom. The summed E-state index contributed by atoms with van der Waals surface area (Å²) < 4.78 is 34.0. The zero-order valence-electron chi connectivity index (χ0n) is 15.2. The largest absolute Gasteiger partial charge is 0.486 e. The number of ether oxygens (including phenoxy) is 2. The molecule has 0 fully saturated rings. The number of hydrogen-bond acceptors (Lipinski definition) is 5. The molecule has 3 rings (SSSR count). The number of fused-ring (bicyclic) bond motifs is 1. The van der Waals surface area contributed by atoms with E-state index in [1.165, 1.54) is 12.1 Å². The highest BCUT2D eigenvalue weighted by Gasteiger charge is 2.14. The van der Waals surface area contributed by atoms with Gasteiger partial charge < -0.3 is 20.1 Å². The molecular formula is C19H22N2O5S. The highest BCUT2D eigenvalue weighted by Crippen LogP contribution is 2.30. The summed E-state index contributed by atoms with van der Waals surface area (Å²) in [6, 6.07) is 11.4. The lowest BCUT2D eigenvalue weighted by molar-refractivity contribution is 0.171. The minimum atomic E-state index is -3.23. The van der Waals surface area contributed by atoms with Crippen molar-refractivity contribution in [2.45, 2.75) is 24.4 Å². The van der Waals surface area contributed by atoms with E-state index in [-0.39, 0.29) is 17.0 Å². The van der Waals surface area contributed by atoms with E-state index in [1.807, 2.05) is 25.1 Å². The van der Waals surface area contributed by atoms with Crippen molar-refractivity contribution in [1.82, 2.24) is 10.6 Å². The molecule has 1 heterocycles. The minimum Gasteiger partial charge on any atom is -0.486 e. The zero-order valence-corrected chi connectivity index (χ0v) is 16.0. The van der Waals surface area contributed by atoms with Crippen LogP contribution in [0.1, 0.15) is 24.1 Å². The molecule has 0 saturated heterocycles. The van der Waals surface area contributed by atoms with E-state index in [0.717, 1.165) is 17.4 Å². The number of hydrogen-bond donors (Lipinski definition) is 2. The van der Waals surface area contributed by atoms with Gasteiger partial charge in [0, 0.05) is 12.8 Å². The molecule has 1 aliphatic heterocycles. The van der Waals surface area contributed by atoms with E-state index in [2.05, 4.69) is 10.6 Å². The second kappa shape index (κ2) is 7.87. The summed E-state index contributed by atoms with van der Waals surface area (Å²) in [6.45, 7) is 3.23. The number of carbonyl (C=O) groups excluding carboxylic acids is 1. The molecule has 1 unspecified atom stereocenters. The van der Waals surface area contributed by atoms with Gasteiger partial charge in [0.2, 0.25) is 0 Å². The normalized spacial score (nSPS) is 14.3. The van der Waals surface area contributed by atoms with Gasteiger partial charge >= 0.3 is 6.03 Å². The first-order valence-corrected chi connectivity index (χ1v) is 10.4. The van der Waals surface area contributed by atoms with Crippen molar-refractivity contribution in [3.05, 3.63) is 53.6 Å². The number of carbonyl (C=O) groups is 1. The molecule has 2 aromatic rings. The van der Waals surface area contributed by atoms with Crippen molar-refractivity contribution >= 4 is 15.9 Å². The Morgan fingerprint density at radius 1 is 1.07 bits per heavy atom. The third-order valence-corrected chi connectivity index (χ3v) is 5.34. The molecule has 27 heavy (non-hydrogen) atoms. The number of urea groups is 1. The van der Waals surface area contributed by atoms with Crippen molar-refractivity contribution in [2.24, 2.45) is 0 Å². The average Bonchev–Trinajstić information content (AvgIpc) is 2.65. The molecule has 0 aliphatic carbocycles. The number of benzene rings is 2. The Hall–Kier alpha value is -2.74. The summed E-state index contributed by atoms with van der Waals surface area (Å²) in [5, 5.41) is 5.63. The third-order valence-electron chi connectivity index (χ3n) is 4.22. The van der Waals surface area contributed by atoms with Crippen molar-refractivity contribution < 1.29 is 22.7 Å². The van der Waals surface area contributed by atoms with Gasteiger partial charge in [0.1, 0.15) is 13.2 Å². The van der Waals surface area contributed by atoms with Crippen LogP contribution in [-0.2, 0) is 16.4 Å². The summed E-state index contributed by atoms with van der Waals surface area (Å²) in [7, 11) is -3.23. The van der Waals surface area contributed by atoms with Crippen molar-refractivity contribution in [3.8, 4) is 11.5 Å². The van der Waals surface area contributed by atoms with E-state index >= 15 is 0 Å². The lowest BCUT2D eigenvalue weighted by atomic mass is 10.1. The van der Waals surface area contributed by atoms with Crippen molar-refractivity contribution in [1.29, 1.82) is 0 Å². The summed E-state index contributed by atoms with van der Waals surface area (Å²) >= 11 is 0. The standard InChI is InChI=1S/C19H22N2O5S/c1-13(15-4-6-16(7-5-15)27(2,23)24)21-19(22)20-12-14-3-8-17-18(11-14)26-10-9-25-17/h3-8,11,13H,9-10,12H2,1-2H3,(H2,20,21,22). The smallest absolute Gasteiger partial charge is 0.315 e. The van der Waals surface area contributed by atoms with Crippen LogP contribution in [0.4, 0.5) is 4.79 Å². The SMILES string of the molecule is CC(NC(=O)NCc1ccc2c(c1)OCCO2)c1ccc(S(C)(=O)=O)cc1. The molecule has 1 aliphatic rings. The van der Waals surface area contributed by atoms with E-state index in [1.54, 1.807) is 12.1 Å². The molecule has 0 saturated carbocycles. The molecule has 144 valence electrons. The maximum atomic E-state index is 12.1. The van der Waals surface area contributed by atoms with Crippen LogP contribution in [0.2, 0.25) is 0 Å². The summed E-state index contributed by atoms with van der Waals surface area (Å²) in [5.74, 6) is 1.39. The van der Waals surface area contributed by atoms with Crippen LogP contribution in [0, 0.1) is 0 Å². The predicted octanol–water partition coefficient (Wildman–Crippen LogP) is 2.42. The molecule has 8 heteroatoms. The molecule has 2 aromatic carbocycles. The van der Waals surface area contributed by atoms with Crippen LogP contribution < -0.4 is 20.1 Å². The summed E-state index contributed by atoms with van der Waals surface area (Å²) in [4.78, 5) is 12.4. The lowest BCUT2D eigenvalue weighted by Gasteiger charge is -2.19. The van der Waals surface area contributed by atoms with Crippen LogP contribution in [0.15, 0.2) is 47.4 Å². The minimum absolute atomic E-state index is 0.251. The van der Waals surface area contributed by atoms with Gasteiger partial charge in [0.05, 0.1) is 10.9 Å². The monoisotopic (exact) mass is 390 g/mol. The van der Waals surface area contributed by atoms with Gasteiger partial charge in [-0.15, -0.1) is 0 Å². The van der Waals surface area contributed by atoms with Gasteiger partial charge in [-0.05, 0) is 42.3 Å². The number of sulfone groups is 1. The topological polar surface area (TPSA) is 93.7 Å². The van der Waals surface area contributed by atoms with Crippen LogP contribution in [0.5, 0.6) is 11.5 Å². The molecule has 0 aromatic heterocycles. The quantitative estimate of drug-likeness (QED) is 0.818. The van der Waals surface area contributed by atoms with Crippen LogP contribution in [0.3, 0.4) is 0 Å². The summed E-state index contributed by atoms with van der Waals surface area (Å²) in [6.07, 6.45) is 1.16. The van der Waals surface area contributed by atoms with Gasteiger partial charge in [-0.3, -0.25) is 0 Å². The maximum Gasteiger partial charge on any atom is 0.315 e. The van der Waals surface area contributed by atoms with Gasteiger partial charge in [0.25, 0.3) is 0 Å². The van der Waals surface area contributed by atoms with Crippen LogP contribution in [0.25, 0.3) is 0 Å². The Balaban J connectivity index is 1.54. The molecule has 7 nitrogen and oxygen atoms in total. The van der Waals surface area contributed by atoms with Crippen LogP contribution in [-0.4, -0.2) is 33.9 Å². The van der Waals surface area contributed by atoms with Crippen molar-refractivity contribution in [3.63, 3.8) is 0 Å². The first-order valence-electron chi connectivity index (χ1n) is 8.56. The first-order chi connectivity index (χ1) is 12.8. The Kier molecular flexibility index (Phi) is 5.55. The number of nitrogens with one attached hydrogen (secondary N) is 2. The van der Waals surface area contributed by atoms with Crippen molar-refractivity contribution in [2.75, 3.05) is 19.5 Å². The molecule has 2 amide bonds. The summed E-state index contributed by atoms with van der Waals surface area (Å²) in [5.41, 5.74) is 1.72. The molecule has 1 atom stereocenters. The second-order valence-electron chi connectivity index (χ2n) is 6.37.